The van der Waals surface area contributed by atoms with Crippen LogP contribution in [0.1, 0.15) is 12.8 Å². The molecular weight excluding hydrogens is 270 g/mol. The molecule has 0 saturated heterocycles. The van der Waals surface area contributed by atoms with Gasteiger partial charge in [-0.15, -0.1) is 0 Å². The first kappa shape index (κ1) is 9.84. The average Bonchev–Trinajstić information content (AvgIpc) is 2.97. The van der Waals surface area contributed by atoms with Gasteiger partial charge in [0.15, 0.2) is 0 Å². The third-order valence-electron chi connectivity index (χ3n) is 2.43. The van der Waals surface area contributed by atoms with Crippen LogP contribution in [0.4, 0.5) is 6.01 Å². The van der Waals surface area contributed by atoms with Crippen molar-refractivity contribution in [3.8, 4) is 11.4 Å². The van der Waals surface area contributed by atoms with Gasteiger partial charge in [0.05, 0.1) is 0 Å². The summed E-state index contributed by atoms with van der Waals surface area (Å²) in [6, 6.07) is 8.86. The number of halogens is 1. The van der Waals surface area contributed by atoms with Crippen molar-refractivity contribution in [2.75, 3.05) is 5.32 Å². The van der Waals surface area contributed by atoms with Gasteiger partial charge in [0.2, 0.25) is 5.82 Å². The van der Waals surface area contributed by atoms with Crippen LogP contribution in [0.3, 0.4) is 0 Å². The number of nitrogens with zero attached hydrogens (tertiary/aromatic N) is 2. The molecule has 1 fully saturated rings. The maximum absolute atomic E-state index is 5.12. The van der Waals surface area contributed by atoms with Gasteiger partial charge >= 0.3 is 6.01 Å². The van der Waals surface area contributed by atoms with Crippen LogP contribution < -0.4 is 5.32 Å². The van der Waals surface area contributed by atoms with Gasteiger partial charge in [0, 0.05) is 16.1 Å². The van der Waals surface area contributed by atoms with E-state index in [9.17, 15) is 0 Å². The van der Waals surface area contributed by atoms with Gasteiger partial charge in [0.25, 0.3) is 0 Å². The van der Waals surface area contributed by atoms with E-state index >= 15 is 0 Å². The summed E-state index contributed by atoms with van der Waals surface area (Å²) in [7, 11) is 0. The standard InChI is InChI=1S/C11H10BrN3O/c12-8-3-1-7(2-4-8)10-14-11(16-15-10)13-9-5-6-9/h1-4,9H,5-6H2,(H,13,14,15). The highest BCUT2D eigenvalue weighted by Crippen LogP contribution is 2.25. The van der Waals surface area contributed by atoms with Crippen molar-refractivity contribution >= 4 is 21.9 Å². The molecule has 4 nitrogen and oxygen atoms in total. The third-order valence-corrected chi connectivity index (χ3v) is 2.96. The van der Waals surface area contributed by atoms with Gasteiger partial charge in [-0.1, -0.05) is 21.1 Å². The smallest absolute Gasteiger partial charge is 0.322 e. The monoisotopic (exact) mass is 279 g/mol. The summed E-state index contributed by atoms with van der Waals surface area (Å²) in [6.45, 7) is 0. The van der Waals surface area contributed by atoms with Crippen LogP contribution in [0.2, 0.25) is 0 Å². The molecule has 1 saturated carbocycles. The fourth-order valence-electron chi connectivity index (χ4n) is 1.40. The zero-order valence-electron chi connectivity index (χ0n) is 8.48. The molecule has 0 aliphatic heterocycles. The van der Waals surface area contributed by atoms with E-state index < -0.39 is 0 Å². The highest BCUT2D eigenvalue weighted by Gasteiger charge is 2.23. The molecule has 1 N–H and O–H groups in total. The van der Waals surface area contributed by atoms with E-state index in [0.29, 0.717) is 17.9 Å². The molecule has 0 amide bonds. The molecule has 0 atom stereocenters. The maximum Gasteiger partial charge on any atom is 0.322 e. The first-order valence-corrected chi connectivity index (χ1v) is 5.97. The quantitative estimate of drug-likeness (QED) is 0.938. The molecule has 1 aromatic carbocycles. The Morgan fingerprint density at radius 1 is 1.25 bits per heavy atom. The van der Waals surface area contributed by atoms with E-state index in [1.807, 2.05) is 24.3 Å². The van der Waals surface area contributed by atoms with Crippen LogP contribution in [0.5, 0.6) is 0 Å². The molecule has 1 aliphatic carbocycles. The molecule has 0 spiro atoms. The summed E-state index contributed by atoms with van der Waals surface area (Å²) in [6.07, 6.45) is 2.38. The Morgan fingerprint density at radius 3 is 2.69 bits per heavy atom. The van der Waals surface area contributed by atoms with Crippen LogP contribution in [0.15, 0.2) is 33.3 Å². The van der Waals surface area contributed by atoms with Crippen molar-refractivity contribution in [3.63, 3.8) is 0 Å². The molecule has 3 rings (SSSR count). The minimum absolute atomic E-state index is 0.514. The fraction of sp³-hybridized carbons (Fsp3) is 0.273. The van der Waals surface area contributed by atoms with Crippen molar-refractivity contribution in [1.82, 2.24) is 10.1 Å². The first-order chi connectivity index (χ1) is 7.81. The van der Waals surface area contributed by atoms with Gasteiger partial charge in [-0.3, -0.25) is 0 Å². The second-order valence-corrected chi connectivity index (χ2v) is 4.76. The van der Waals surface area contributed by atoms with Crippen molar-refractivity contribution in [3.05, 3.63) is 28.7 Å². The molecule has 1 aliphatic rings. The number of anilines is 1. The van der Waals surface area contributed by atoms with E-state index in [4.69, 9.17) is 4.52 Å². The van der Waals surface area contributed by atoms with Crippen molar-refractivity contribution < 1.29 is 4.52 Å². The molecular formula is C11H10BrN3O. The average molecular weight is 280 g/mol. The normalized spacial score (nSPS) is 15.1. The summed E-state index contributed by atoms with van der Waals surface area (Å²) in [5, 5.41) is 7.10. The molecule has 2 aromatic rings. The SMILES string of the molecule is Brc1ccc(-c2noc(NC3CC3)n2)cc1. The van der Waals surface area contributed by atoms with Crippen LogP contribution in [-0.2, 0) is 0 Å². The number of rotatable bonds is 3. The third kappa shape index (κ3) is 2.09. The second kappa shape index (κ2) is 3.90. The van der Waals surface area contributed by atoms with E-state index in [0.717, 1.165) is 10.0 Å². The zero-order valence-corrected chi connectivity index (χ0v) is 10.1. The van der Waals surface area contributed by atoms with Crippen LogP contribution in [-0.4, -0.2) is 16.2 Å². The molecule has 1 heterocycles. The van der Waals surface area contributed by atoms with E-state index in [1.54, 1.807) is 0 Å². The molecule has 16 heavy (non-hydrogen) atoms. The van der Waals surface area contributed by atoms with Crippen molar-refractivity contribution in [2.45, 2.75) is 18.9 Å². The van der Waals surface area contributed by atoms with E-state index in [2.05, 4.69) is 31.4 Å². The van der Waals surface area contributed by atoms with Crippen molar-refractivity contribution in [2.24, 2.45) is 0 Å². The summed E-state index contributed by atoms with van der Waals surface area (Å²) in [5.74, 6) is 0.621. The lowest BCUT2D eigenvalue weighted by Crippen LogP contribution is -2.00. The molecule has 0 unspecified atom stereocenters. The van der Waals surface area contributed by atoms with Crippen LogP contribution in [0, 0.1) is 0 Å². The molecule has 1 aromatic heterocycles. The minimum Gasteiger partial charge on any atom is -0.335 e. The van der Waals surface area contributed by atoms with Gasteiger partial charge in [-0.05, 0) is 37.1 Å². The van der Waals surface area contributed by atoms with Gasteiger partial charge in [-0.2, -0.15) is 4.98 Å². The lowest BCUT2D eigenvalue weighted by molar-refractivity contribution is 0.432. The topological polar surface area (TPSA) is 51.0 Å². The Bertz CT molecular complexity index is 490. The summed E-state index contributed by atoms with van der Waals surface area (Å²) in [4.78, 5) is 4.29. The maximum atomic E-state index is 5.12. The molecule has 82 valence electrons. The molecule has 0 radical (unpaired) electrons. The van der Waals surface area contributed by atoms with Crippen molar-refractivity contribution in [1.29, 1.82) is 0 Å². The largest absolute Gasteiger partial charge is 0.335 e. The summed E-state index contributed by atoms with van der Waals surface area (Å²) < 4.78 is 6.15. The Morgan fingerprint density at radius 2 is 2.00 bits per heavy atom. The number of benzene rings is 1. The Balaban J connectivity index is 1.82. The van der Waals surface area contributed by atoms with E-state index in [1.165, 1.54) is 12.8 Å². The second-order valence-electron chi connectivity index (χ2n) is 3.85. The number of hydrogen-bond acceptors (Lipinski definition) is 4. The highest BCUT2D eigenvalue weighted by atomic mass is 79.9. The number of nitrogens with one attached hydrogen (secondary N) is 1. The molecule has 5 heteroatoms. The van der Waals surface area contributed by atoms with E-state index in [-0.39, 0.29) is 0 Å². The minimum atomic E-state index is 0.514. The van der Waals surface area contributed by atoms with Crippen LogP contribution in [0.25, 0.3) is 11.4 Å². The number of hydrogen-bond donors (Lipinski definition) is 1. The highest BCUT2D eigenvalue weighted by molar-refractivity contribution is 9.10. The zero-order chi connectivity index (χ0) is 11.0. The van der Waals surface area contributed by atoms with Gasteiger partial charge in [-0.25, -0.2) is 0 Å². The number of aromatic nitrogens is 2. The lowest BCUT2D eigenvalue weighted by Gasteiger charge is -1.94. The Kier molecular flexibility index (Phi) is 2.40. The Labute approximate surface area is 101 Å². The Hall–Kier alpha value is -1.36. The predicted molar refractivity (Wildman–Crippen MR) is 64.1 cm³/mol. The summed E-state index contributed by atoms with van der Waals surface area (Å²) in [5.41, 5.74) is 0.954. The fourth-order valence-corrected chi connectivity index (χ4v) is 1.66. The summed E-state index contributed by atoms with van der Waals surface area (Å²) >= 11 is 3.39. The lowest BCUT2D eigenvalue weighted by atomic mass is 10.2. The predicted octanol–water partition coefficient (Wildman–Crippen LogP) is 3.07. The first-order valence-electron chi connectivity index (χ1n) is 5.17. The molecule has 0 bridgehead atoms. The van der Waals surface area contributed by atoms with Gasteiger partial charge in [0.1, 0.15) is 0 Å². The van der Waals surface area contributed by atoms with Crippen LogP contribution >= 0.6 is 15.9 Å². The van der Waals surface area contributed by atoms with Gasteiger partial charge < -0.3 is 9.84 Å².